The van der Waals surface area contributed by atoms with E-state index in [4.69, 9.17) is 0 Å². The minimum atomic E-state index is -4.16. The molecule has 1 aromatic carbocycles. The predicted molar refractivity (Wildman–Crippen MR) is 85.4 cm³/mol. The maximum absolute atomic E-state index is 12.0. The molecular weight excluding hydrogens is 382 g/mol. The van der Waals surface area contributed by atoms with Crippen molar-refractivity contribution in [2.45, 2.75) is 25.6 Å². The van der Waals surface area contributed by atoms with E-state index in [1.807, 2.05) is 37.3 Å². The molecule has 0 bridgehead atoms. The van der Waals surface area contributed by atoms with Crippen LogP contribution in [0.3, 0.4) is 0 Å². The molecule has 7 heteroatoms. The Hall–Kier alpha value is -0.990. The molecule has 2 N–H and O–H groups in total. The van der Waals surface area contributed by atoms with Crippen molar-refractivity contribution < 1.29 is 13.2 Å². The molecule has 0 aliphatic rings. The zero-order valence-electron chi connectivity index (χ0n) is 11.4. The van der Waals surface area contributed by atoms with Crippen molar-refractivity contribution in [3.63, 3.8) is 0 Å². The number of halogens is 4. The van der Waals surface area contributed by atoms with Crippen molar-refractivity contribution in [3.8, 4) is 0 Å². The van der Waals surface area contributed by atoms with Gasteiger partial charge < -0.3 is 10.6 Å². The molecule has 0 saturated carbocycles. The number of aliphatic imine (C=N–C) groups is 1. The fraction of sp³-hybridized carbons (Fsp3) is 0.462. The van der Waals surface area contributed by atoms with E-state index < -0.39 is 12.6 Å². The highest BCUT2D eigenvalue weighted by Crippen LogP contribution is 2.18. The van der Waals surface area contributed by atoms with Gasteiger partial charge in [0.1, 0.15) is 0 Å². The lowest BCUT2D eigenvalue weighted by Crippen LogP contribution is -2.40. The minimum absolute atomic E-state index is 0. The highest BCUT2D eigenvalue weighted by Gasteiger charge is 2.26. The molecule has 0 spiro atoms. The second-order valence-corrected chi connectivity index (χ2v) is 4.14. The molecule has 0 amide bonds. The summed E-state index contributed by atoms with van der Waals surface area (Å²) >= 11 is 0. The number of nitrogens with zero attached hydrogens (tertiary/aromatic N) is 1. The summed E-state index contributed by atoms with van der Waals surface area (Å²) in [5.41, 5.74) is 1.04. The molecule has 1 rings (SSSR count). The van der Waals surface area contributed by atoms with Gasteiger partial charge in [-0.05, 0) is 12.5 Å². The molecule has 3 nitrogen and oxygen atoms in total. The van der Waals surface area contributed by atoms with Crippen molar-refractivity contribution in [1.29, 1.82) is 0 Å². The van der Waals surface area contributed by atoms with Gasteiger partial charge in [-0.1, -0.05) is 30.3 Å². The van der Waals surface area contributed by atoms with Gasteiger partial charge in [-0.25, -0.2) is 0 Å². The first-order valence-corrected chi connectivity index (χ1v) is 6.01. The van der Waals surface area contributed by atoms with Crippen molar-refractivity contribution in [2.75, 3.05) is 13.6 Å². The van der Waals surface area contributed by atoms with E-state index in [0.29, 0.717) is 5.96 Å². The molecular formula is C13H19F3IN3. The Labute approximate surface area is 134 Å². The van der Waals surface area contributed by atoms with Crippen LogP contribution in [-0.2, 0) is 0 Å². The summed E-state index contributed by atoms with van der Waals surface area (Å²) in [6, 6.07) is 9.59. The van der Waals surface area contributed by atoms with Crippen molar-refractivity contribution in [3.05, 3.63) is 35.9 Å². The van der Waals surface area contributed by atoms with E-state index in [1.54, 1.807) is 0 Å². The molecule has 0 fully saturated rings. The topological polar surface area (TPSA) is 36.4 Å². The molecule has 0 aromatic heterocycles. The van der Waals surface area contributed by atoms with Crippen LogP contribution in [0.4, 0.5) is 13.2 Å². The third kappa shape index (κ3) is 7.56. The van der Waals surface area contributed by atoms with Crippen LogP contribution in [0.25, 0.3) is 0 Å². The summed E-state index contributed by atoms with van der Waals surface area (Å²) in [6.45, 7) is 1.73. The summed E-state index contributed by atoms with van der Waals surface area (Å²) in [7, 11) is 1.53. The predicted octanol–water partition coefficient (Wildman–Crippen LogP) is 3.48. The second kappa shape index (κ2) is 9.04. The lowest BCUT2D eigenvalue weighted by Gasteiger charge is -2.18. The van der Waals surface area contributed by atoms with E-state index in [2.05, 4.69) is 15.6 Å². The Kier molecular flexibility index (Phi) is 8.59. The smallest absolute Gasteiger partial charge is 0.356 e. The minimum Gasteiger partial charge on any atom is -0.356 e. The van der Waals surface area contributed by atoms with E-state index in [0.717, 1.165) is 5.56 Å². The van der Waals surface area contributed by atoms with Crippen LogP contribution in [0.15, 0.2) is 35.3 Å². The van der Waals surface area contributed by atoms with Gasteiger partial charge in [-0.3, -0.25) is 4.99 Å². The third-order valence-electron chi connectivity index (χ3n) is 2.58. The quantitative estimate of drug-likeness (QED) is 0.461. The number of guanidine groups is 1. The van der Waals surface area contributed by atoms with Crippen LogP contribution in [0.5, 0.6) is 0 Å². The molecule has 20 heavy (non-hydrogen) atoms. The lowest BCUT2D eigenvalue weighted by molar-refractivity contribution is -0.132. The van der Waals surface area contributed by atoms with Crippen LogP contribution >= 0.6 is 24.0 Å². The van der Waals surface area contributed by atoms with Crippen molar-refractivity contribution in [2.24, 2.45) is 4.99 Å². The Morgan fingerprint density at radius 2 is 1.85 bits per heavy atom. The first-order valence-electron chi connectivity index (χ1n) is 6.01. The van der Waals surface area contributed by atoms with E-state index in [-0.39, 0.29) is 36.6 Å². The SMILES string of the molecule is CN=C(NCCC(F)(F)F)NC(C)c1ccccc1.I. The highest BCUT2D eigenvalue weighted by atomic mass is 127. The monoisotopic (exact) mass is 401 g/mol. The van der Waals surface area contributed by atoms with Gasteiger partial charge in [-0.2, -0.15) is 13.2 Å². The van der Waals surface area contributed by atoms with E-state index in [1.165, 1.54) is 7.05 Å². The molecule has 1 aromatic rings. The van der Waals surface area contributed by atoms with Gasteiger partial charge in [0.2, 0.25) is 0 Å². The number of hydrogen-bond donors (Lipinski definition) is 2. The summed E-state index contributed by atoms with van der Waals surface area (Å²) in [5.74, 6) is 0.362. The second-order valence-electron chi connectivity index (χ2n) is 4.14. The first-order chi connectivity index (χ1) is 8.92. The largest absolute Gasteiger partial charge is 0.390 e. The number of hydrogen-bond acceptors (Lipinski definition) is 1. The zero-order chi connectivity index (χ0) is 14.3. The molecule has 0 radical (unpaired) electrons. The van der Waals surface area contributed by atoms with Crippen LogP contribution in [0.2, 0.25) is 0 Å². The molecule has 0 saturated heterocycles. The maximum atomic E-state index is 12.0. The molecule has 1 unspecified atom stereocenters. The molecule has 0 aliphatic carbocycles. The van der Waals surface area contributed by atoms with Gasteiger partial charge in [-0.15, -0.1) is 24.0 Å². The van der Waals surface area contributed by atoms with Crippen molar-refractivity contribution >= 4 is 29.9 Å². The molecule has 0 heterocycles. The van der Waals surface area contributed by atoms with Crippen molar-refractivity contribution in [1.82, 2.24) is 10.6 Å². The van der Waals surface area contributed by atoms with Gasteiger partial charge in [0.25, 0.3) is 0 Å². The fourth-order valence-corrected chi connectivity index (χ4v) is 1.55. The van der Waals surface area contributed by atoms with Crippen LogP contribution in [0.1, 0.15) is 24.9 Å². The fourth-order valence-electron chi connectivity index (χ4n) is 1.55. The number of rotatable bonds is 4. The van der Waals surface area contributed by atoms with Crippen LogP contribution in [-0.4, -0.2) is 25.7 Å². The Balaban J connectivity index is 0.00000361. The summed E-state index contributed by atoms with van der Waals surface area (Å²) in [6.07, 6.45) is -5.04. The average Bonchev–Trinajstić information content (AvgIpc) is 2.37. The Morgan fingerprint density at radius 3 is 2.35 bits per heavy atom. The maximum Gasteiger partial charge on any atom is 0.390 e. The van der Waals surface area contributed by atoms with Crippen LogP contribution < -0.4 is 10.6 Å². The Morgan fingerprint density at radius 1 is 1.25 bits per heavy atom. The van der Waals surface area contributed by atoms with E-state index in [9.17, 15) is 13.2 Å². The zero-order valence-corrected chi connectivity index (χ0v) is 13.7. The summed E-state index contributed by atoms with van der Waals surface area (Å²) in [4.78, 5) is 3.90. The van der Waals surface area contributed by atoms with Gasteiger partial charge >= 0.3 is 6.18 Å². The van der Waals surface area contributed by atoms with Gasteiger partial charge in [0.05, 0.1) is 12.5 Å². The van der Waals surface area contributed by atoms with E-state index >= 15 is 0 Å². The number of alkyl halides is 3. The summed E-state index contributed by atoms with van der Waals surface area (Å²) in [5, 5.41) is 5.69. The standard InChI is InChI=1S/C13H18F3N3.HI/c1-10(11-6-4-3-5-7-11)19-12(17-2)18-9-8-13(14,15)16;/h3-7,10H,8-9H2,1-2H3,(H2,17,18,19);1H. The van der Waals surface area contributed by atoms with Gasteiger partial charge in [0.15, 0.2) is 5.96 Å². The van der Waals surface area contributed by atoms with Crippen LogP contribution in [0, 0.1) is 0 Å². The highest BCUT2D eigenvalue weighted by molar-refractivity contribution is 14.0. The molecule has 1 atom stereocenters. The third-order valence-corrected chi connectivity index (χ3v) is 2.58. The normalized spacial score (nSPS) is 13.3. The Bertz CT molecular complexity index is 407. The first kappa shape index (κ1) is 19.0. The molecule has 114 valence electrons. The molecule has 0 aliphatic heterocycles. The average molecular weight is 401 g/mol. The number of benzene rings is 1. The summed E-state index contributed by atoms with van der Waals surface area (Å²) < 4.78 is 36.1. The number of nitrogens with one attached hydrogen (secondary N) is 2. The lowest BCUT2D eigenvalue weighted by atomic mass is 10.1. The van der Waals surface area contributed by atoms with Gasteiger partial charge in [0, 0.05) is 13.6 Å².